The molecule has 2 atom stereocenters. The summed E-state index contributed by atoms with van der Waals surface area (Å²) < 4.78 is 5.40. The Morgan fingerprint density at radius 3 is 2.88 bits per heavy atom. The number of hydrogen-bond acceptors (Lipinski definition) is 4. The summed E-state index contributed by atoms with van der Waals surface area (Å²) in [6.45, 7) is 2.71. The monoisotopic (exact) mass is 330 g/mol. The Balaban J connectivity index is 1.75. The number of fused-ring (bicyclic) bond motifs is 1. The Labute approximate surface area is 141 Å². The number of nitrogens with zero attached hydrogens (tertiary/aromatic N) is 1. The minimum absolute atomic E-state index is 0.154. The third-order valence-corrected chi connectivity index (χ3v) is 4.56. The molecule has 0 unspecified atom stereocenters. The van der Waals surface area contributed by atoms with Gasteiger partial charge in [-0.15, -0.1) is 0 Å². The molecule has 3 rings (SSSR count). The van der Waals surface area contributed by atoms with E-state index >= 15 is 0 Å². The minimum atomic E-state index is -0.796. The number of likely N-dealkylation sites (tertiary alicyclic amines) is 1. The van der Waals surface area contributed by atoms with E-state index in [1.54, 1.807) is 24.3 Å². The second-order valence-electron chi connectivity index (χ2n) is 6.20. The second-order valence-corrected chi connectivity index (χ2v) is 6.20. The zero-order chi connectivity index (χ0) is 17.1. The fourth-order valence-corrected chi connectivity index (χ4v) is 3.29. The molecule has 0 aliphatic carbocycles. The maximum Gasteiger partial charge on any atom is 0.340 e. The average Bonchev–Trinajstić information content (AvgIpc) is 3.12. The highest BCUT2D eigenvalue weighted by atomic mass is 16.6. The van der Waals surface area contributed by atoms with Gasteiger partial charge in [-0.2, -0.15) is 0 Å². The number of carbonyl (C=O) groups is 3. The molecule has 1 N–H and O–H groups in total. The van der Waals surface area contributed by atoms with Crippen molar-refractivity contribution in [3.63, 3.8) is 0 Å². The molecule has 2 aliphatic heterocycles. The van der Waals surface area contributed by atoms with E-state index in [4.69, 9.17) is 4.74 Å². The topological polar surface area (TPSA) is 75.7 Å². The normalized spacial score (nSPS) is 22.5. The van der Waals surface area contributed by atoms with Crippen molar-refractivity contribution in [1.82, 2.24) is 10.2 Å². The molecule has 128 valence electrons. The molecule has 24 heavy (non-hydrogen) atoms. The van der Waals surface area contributed by atoms with Crippen LogP contribution in [-0.4, -0.2) is 35.3 Å². The standard InChI is InChI=1S/C18H22N2O4/c1-2-3-6-11-19-16(22)14-9-10-15(21)20(14)17-12-7-4-5-8-13(12)18(23)24-17/h4-5,7-8,14,17H,2-3,6,9-11H2,1H3,(H,19,22)/t14-,17+/m0/s1. The van der Waals surface area contributed by atoms with Gasteiger partial charge in [-0.3, -0.25) is 14.5 Å². The number of ether oxygens (including phenoxy) is 1. The predicted molar refractivity (Wildman–Crippen MR) is 87.0 cm³/mol. The van der Waals surface area contributed by atoms with E-state index < -0.39 is 18.2 Å². The van der Waals surface area contributed by atoms with Crippen molar-refractivity contribution >= 4 is 17.8 Å². The molecule has 1 fully saturated rings. The van der Waals surface area contributed by atoms with E-state index in [2.05, 4.69) is 12.2 Å². The molecule has 0 spiro atoms. The fraction of sp³-hybridized carbons (Fsp3) is 0.500. The molecule has 1 aromatic carbocycles. The van der Waals surface area contributed by atoms with Gasteiger partial charge in [-0.05, 0) is 18.9 Å². The summed E-state index contributed by atoms with van der Waals surface area (Å²) in [5, 5.41) is 2.90. The van der Waals surface area contributed by atoms with Gasteiger partial charge in [0.05, 0.1) is 5.56 Å². The van der Waals surface area contributed by atoms with Crippen LogP contribution in [0.2, 0.25) is 0 Å². The molecule has 0 aromatic heterocycles. The van der Waals surface area contributed by atoms with E-state index in [-0.39, 0.29) is 11.8 Å². The van der Waals surface area contributed by atoms with Crippen molar-refractivity contribution in [2.24, 2.45) is 0 Å². The quantitative estimate of drug-likeness (QED) is 0.640. The maximum absolute atomic E-state index is 12.5. The summed E-state index contributed by atoms with van der Waals surface area (Å²) in [4.78, 5) is 38.2. The van der Waals surface area contributed by atoms with Crippen LogP contribution in [0, 0.1) is 0 Å². The van der Waals surface area contributed by atoms with Crippen LogP contribution >= 0.6 is 0 Å². The number of cyclic esters (lactones) is 1. The SMILES string of the molecule is CCCCCNC(=O)[C@@H]1CCC(=O)N1[C@@H]1OC(=O)c2ccccc21. The van der Waals surface area contributed by atoms with E-state index in [1.165, 1.54) is 4.90 Å². The highest BCUT2D eigenvalue weighted by Crippen LogP contribution is 2.38. The van der Waals surface area contributed by atoms with Gasteiger partial charge in [0.1, 0.15) is 6.04 Å². The molecule has 2 heterocycles. The highest BCUT2D eigenvalue weighted by Gasteiger charge is 2.46. The van der Waals surface area contributed by atoms with Crippen LogP contribution < -0.4 is 5.32 Å². The van der Waals surface area contributed by atoms with Crippen LogP contribution in [0.15, 0.2) is 24.3 Å². The summed E-state index contributed by atoms with van der Waals surface area (Å²) in [7, 11) is 0. The molecule has 6 nitrogen and oxygen atoms in total. The third kappa shape index (κ3) is 3.00. The van der Waals surface area contributed by atoms with Crippen LogP contribution in [-0.2, 0) is 14.3 Å². The molecule has 2 aliphatic rings. The van der Waals surface area contributed by atoms with Crippen molar-refractivity contribution in [1.29, 1.82) is 0 Å². The summed E-state index contributed by atoms with van der Waals surface area (Å²) in [6, 6.07) is 6.42. The smallest absolute Gasteiger partial charge is 0.340 e. The lowest BCUT2D eigenvalue weighted by molar-refractivity contribution is -0.145. The van der Waals surface area contributed by atoms with E-state index in [0.717, 1.165) is 19.3 Å². The van der Waals surface area contributed by atoms with Gasteiger partial charge >= 0.3 is 5.97 Å². The zero-order valence-electron chi connectivity index (χ0n) is 13.8. The molecule has 1 saturated heterocycles. The molecule has 1 aromatic rings. The summed E-state index contributed by atoms with van der Waals surface area (Å²) in [6.07, 6.45) is 3.01. The summed E-state index contributed by atoms with van der Waals surface area (Å²) >= 11 is 0. The number of rotatable bonds is 6. The van der Waals surface area contributed by atoms with Crippen molar-refractivity contribution in [2.45, 2.75) is 51.3 Å². The number of nitrogens with one attached hydrogen (secondary N) is 1. The summed E-state index contributed by atoms with van der Waals surface area (Å²) in [5.74, 6) is -0.770. The zero-order valence-corrected chi connectivity index (χ0v) is 13.8. The third-order valence-electron chi connectivity index (χ3n) is 4.56. The number of unbranched alkanes of at least 4 members (excludes halogenated alkanes) is 2. The van der Waals surface area contributed by atoms with E-state index in [0.29, 0.717) is 30.5 Å². The van der Waals surface area contributed by atoms with Crippen LogP contribution in [0.4, 0.5) is 0 Å². The van der Waals surface area contributed by atoms with Crippen molar-refractivity contribution in [3.05, 3.63) is 35.4 Å². The van der Waals surface area contributed by atoms with Gasteiger partial charge in [0.2, 0.25) is 18.0 Å². The maximum atomic E-state index is 12.5. The number of carbonyl (C=O) groups excluding carboxylic acids is 3. The lowest BCUT2D eigenvalue weighted by Gasteiger charge is -2.29. The van der Waals surface area contributed by atoms with E-state index in [1.807, 2.05) is 0 Å². The largest absolute Gasteiger partial charge is 0.433 e. The first-order valence-corrected chi connectivity index (χ1v) is 8.52. The van der Waals surface area contributed by atoms with Crippen LogP contribution in [0.25, 0.3) is 0 Å². The van der Waals surface area contributed by atoms with Crippen LogP contribution in [0.1, 0.15) is 61.2 Å². The van der Waals surface area contributed by atoms with Gasteiger partial charge in [0.25, 0.3) is 0 Å². The Bertz CT molecular complexity index is 658. The second kappa shape index (κ2) is 7.03. The van der Waals surface area contributed by atoms with Gasteiger partial charge < -0.3 is 10.1 Å². The van der Waals surface area contributed by atoms with Gasteiger partial charge in [-0.25, -0.2) is 4.79 Å². The van der Waals surface area contributed by atoms with Crippen molar-refractivity contribution in [2.75, 3.05) is 6.54 Å². The molecule has 0 bridgehead atoms. The van der Waals surface area contributed by atoms with Crippen molar-refractivity contribution in [3.8, 4) is 0 Å². The number of hydrogen-bond donors (Lipinski definition) is 1. The minimum Gasteiger partial charge on any atom is -0.433 e. The predicted octanol–water partition coefficient (Wildman–Crippen LogP) is 2.15. The first-order chi connectivity index (χ1) is 11.6. The number of amides is 2. The van der Waals surface area contributed by atoms with Crippen molar-refractivity contribution < 1.29 is 19.1 Å². The Morgan fingerprint density at radius 1 is 1.29 bits per heavy atom. The van der Waals surface area contributed by atoms with Crippen LogP contribution in [0.3, 0.4) is 0 Å². The van der Waals surface area contributed by atoms with Gasteiger partial charge in [0, 0.05) is 18.5 Å². The van der Waals surface area contributed by atoms with Gasteiger partial charge in [-0.1, -0.05) is 38.0 Å². The van der Waals surface area contributed by atoms with E-state index in [9.17, 15) is 14.4 Å². The fourth-order valence-electron chi connectivity index (χ4n) is 3.29. The molecule has 0 saturated carbocycles. The average molecular weight is 330 g/mol. The molecule has 2 amide bonds. The number of esters is 1. The molecular weight excluding hydrogens is 308 g/mol. The Kier molecular flexibility index (Phi) is 4.83. The summed E-state index contributed by atoms with van der Waals surface area (Å²) in [5.41, 5.74) is 1.12. The molecule has 0 radical (unpaired) electrons. The molecular formula is C18H22N2O4. The lowest BCUT2D eigenvalue weighted by atomic mass is 10.1. The first kappa shape index (κ1) is 16.5. The lowest BCUT2D eigenvalue weighted by Crippen LogP contribution is -2.46. The van der Waals surface area contributed by atoms with Gasteiger partial charge in [0.15, 0.2) is 0 Å². The first-order valence-electron chi connectivity index (χ1n) is 8.52. The van der Waals surface area contributed by atoms with Crippen LogP contribution in [0.5, 0.6) is 0 Å². The highest BCUT2D eigenvalue weighted by molar-refractivity contribution is 5.96. The Morgan fingerprint density at radius 2 is 2.08 bits per heavy atom. The Hall–Kier alpha value is -2.37. The number of benzene rings is 1. The molecule has 6 heteroatoms.